The van der Waals surface area contributed by atoms with E-state index in [2.05, 4.69) is 74.6 Å². The lowest BCUT2D eigenvalue weighted by Gasteiger charge is -2.28. The first kappa shape index (κ1) is 87.7. The van der Waals surface area contributed by atoms with E-state index in [1.54, 1.807) is 0 Å². The molecule has 0 saturated heterocycles. The highest BCUT2D eigenvalue weighted by molar-refractivity contribution is 7.45. The summed E-state index contributed by atoms with van der Waals surface area (Å²) in [4.78, 5) is 38.1. The standard InChI is InChI=1S/C80H150NO8P/c1-6-8-10-12-14-16-18-20-22-24-26-28-30-32-33-34-35-36-37-38-39-40-41-42-43-44-45-46-47-49-50-52-54-56-58-60-62-64-66-68-70-72-79(82)86-76-78(77-88-90(84,85)87-75-74-81(3,4)5)89-80(83)73-71-69-67-65-63-61-59-57-55-53-51-48-31-29-27-25-23-21-19-17-15-13-11-9-7-2/h9,11,15,17,21,23,27,29,48,51,78H,6-8,10,12-14,16,18-20,22,24-26,28,30-47,49-50,52-77H2,1-5H3/b11-9-,17-15-,23-21-,29-27-,51-48-. The highest BCUT2D eigenvalue weighted by Crippen LogP contribution is 2.38. The summed E-state index contributed by atoms with van der Waals surface area (Å²) in [6.45, 7) is 4.18. The molecule has 0 aliphatic rings. The Kier molecular flexibility index (Phi) is 69.2. The number of hydrogen-bond acceptors (Lipinski definition) is 8. The molecule has 10 heteroatoms. The molecule has 0 heterocycles. The average Bonchev–Trinajstić information content (AvgIpc) is 3.58. The van der Waals surface area contributed by atoms with Crippen LogP contribution in [0.5, 0.6) is 0 Å². The highest BCUT2D eigenvalue weighted by atomic mass is 31.2. The van der Waals surface area contributed by atoms with Gasteiger partial charge in [-0.15, -0.1) is 0 Å². The van der Waals surface area contributed by atoms with Crippen molar-refractivity contribution in [1.82, 2.24) is 0 Å². The zero-order valence-electron chi connectivity index (χ0n) is 60.4. The molecular formula is C80H150NO8P. The van der Waals surface area contributed by atoms with E-state index in [9.17, 15) is 19.0 Å². The second kappa shape index (κ2) is 71.0. The number of ether oxygens (including phenoxy) is 2. The van der Waals surface area contributed by atoms with Gasteiger partial charge in [0, 0.05) is 12.8 Å². The number of nitrogens with zero attached hydrogens (tertiary/aromatic N) is 1. The van der Waals surface area contributed by atoms with Crippen molar-refractivity contribution >= 4 is 19.8 Å². The normalized spacial score (nSPS) is 13.4. The maximum absolute atomic E-state index is 12.9. The van der Waals surface area contributed by atoms with Crippen LogP contribution in [-0.2, 0) is 32.7 Å². The average molecular weight is 1290 g/mol. The lowest BCUT2D eigenvalue weighted by molar-refractivity contribution is -0.870. The first-order valence-electron chi connectivity index (χ1n) is 39.0. The third kappa shape index (κ3) is 74.7. The minimum atomic E-state index is -4.65. The molecule has 0 aliphatic carbocycles. The number of phosphoric acid groups is 1. The summed E-state index contributed by atoms with van der Waals surface area (Å²) < 4.78 is 34.4. The Balaban J connectivity index is 3.88. The van der Waals surface area contributed by atoms with Gasteiger partial charge in [-0.2, -0.15) is 0 Å². The molecule has 0 fully saturated rings. The SMILES string of the molecule is CC/C=C\C/C=C\C/C=C\C/C=C\C/C=C\CCCCCCCCCCCC(=O)OC(COC(=O)CCCCCCCCCCCCCCCCCCCCCCCCCCCCCCCCCCCCCCCCCCC)COP(=O)([O-])OCC[N+](C)(C)C. The maximum atomic E-state index is 12.9. The monoisotopic (exact) mass is 1280 g/mol. The van der Waals surface area contributed by atoms with Crippen LogP contribution < -0.4 is 4.89 Å². The topological polar surface area (TPSA) is 111 Å². The molecular weight excluding hydrogens is 1130 g/mol. The summed E-state index contributed by atoms with van der Waals surface area (Å²) >= 11 is 0. The summed E-state index contributed by atoms with van der Waals surface area (Å²) in [7, 11) is 1.17. The van der Waals surface area contributed by atoms with Crippen LogP contribution in [0.4, 0.5) is 0 Å². The van der Waals surface area contributed by atoms with Crippen molar-refractivity contribution in [3.8, 4) is 0 Å². The van der Waals surface area contributed by atoms with Gasteiger partial charge in [0.05, 0.1) is 27.7 Å². The predicted octanol–water partition coefficient (Wildman–Crippen LogP) is 25.1. The number of phosphoric ester groups is 1. The molecule has 2 atom stereocenters. The summed E-state index contributed by atoms with van der Waals surface area (Å²) in [5, 5.41) is 0. The first-order chi connectivity index (χ1) is 44.0. The van der Waals surface area contributed by atoms with Crippen LogP contribution in [0.1, 0.15) is 386 Å². The van der Waals surface area contributed by atoms with E-state index in [0.29, 0.717) is 17.4 Å². The Labute approximate surface area is 559 Å². The van der Waals surface area contributed by atoms with E-state index in [4.69, 9.17) is 18.5 Å². The largest absolute Gasteiger partial charge is 0.756 e. The van der Waals surface area contributed by atoms with Gasteiger partial charge >= 0.3 is 11.9 Å². The Morgan fingerprint density at radius 3 is 0.944 bits per heavy atom. The zero-order chi connectivity index (χ0) is 65.5. The van der Waals surface area contributed by atoms with Crippen LogP contribution in [-0.4, -0.2) is 70.0 Å². The van der Waals surface area contributed by atoms with Crippen molar-refractivity contribution in [2.45, 2.75) is 392 Å². The summed E-state index contributed by atoms with van der Waals surface area (Å²) in [6, 6.07) is 0. The predicted molar refractivity (Wildman–Crippen MR) is 388 cm³/mol. The molecule has 0 aromatic carbocycles. The van der Waals surface area contributed by atoms with Gasteiger partial charge in [0.25, 0.3) is 7.82 Å². The minimum absolute atomic E-state index is 0.0324. The summed E-state index contributed by atoms with van der Waals surface area (Å²) in [5.41, 5.74) is 0. The number of unbranched alkanes of at least 4 members (excludes halogenated alkanes) is 49. The molecule has 9 nitrogen and oxygen atoms in total. The van der Waals surface area contributed by atoms with Gasteiger partial charge in [-0.1, -0.05) is 376 Å². The molecule has 0 spiro atoms. The molecule has 90 heavy (non-hydrogen) atoms. The fraction of sp³-hybridized carbons (Fsp3) is 0.850. The summed E-state index contributed by atoms with van der Waals surface area (Å²) in [6.07, 6.45) is 95.0. The molecule has 0 N–H and O–H groups in total. The van der Waals surface area contributed by atoms with Gasteiger partial charge in [-0.3, -0.25) is 14.2 Å². The Bertz CT molecular complexity index is 1700. The first-order valence-corrected chi connectivity index (χ1v) is 40.5. The van der Waals surface area contributed by atoms with E-state index in [-0.39, 0.29) is 32.0 Å². The molecule has 0 rings (SSSR count). The Hall–Kier alpha value is -2.29. The van der Waals surface area contributed by atoms with Crippen LogP contribution >= 0.6 is 7.82 Å². The number of hydrogen-bond donors (Lipinski definition) is 0. The minimum Gasteiger partial charge on any atom is -0.756 e. The molecule has 528 valence electrons. The van der Waals surface area contributed by atoms with Crippen molar-refractivity contribution in [2.24, 2.45) is 0 Å². The number of quaternary nitrogens is 1. The number of carbonyl (C=O) groups is 2. The second-order valence-corrected chi connectivity index (χ2v) is 29.1. The molecule has 0 aromatic rings. The molecule has 0 aromatic heterocycles. The van der Waals surface area contributed by atoms with Crippen molar-refractivity contribution in [1.29, 1.82) is 0 Å². The number of esters is 2. The maximum Gasteiger partial charge on any atom is 0.306 e. The third-order valence-electron chi connectivity index (χ3n) is 17.6. The highest BCUT2D eigenvalue weighted by Gasteiger charge is 2.22. The lowest BCUT2D eigenvalue weighted by atomic mass is 10.0. The van der Waals surface area contributed by atoms with Crippen molar-refractivity contribution in [3.05, 3.63) is 60.8 Å². The van der Waals surface area contributed by atoms with Gasteiger partial charge in [0.1, 0.15) is 19.8 Å². The number of carbonyl (C=O) groups excluding carboxylic acids is 2. The van der Waals surface area contributed by atoms with Gasteiger partial charge in [0.2, 0.25) is 0 Å². The third-order valence-corrected chi connectivity index (χ3v) is 18.5. The second-order valence-electron chi connectivity index (χ2n) is 27.7. The fourth-order valence-electron chi connectivity index (χ4n) is 11.6. The molecule has 0 saturated carbocycles. The van der Waals surface area contributed by atoms with Crippen LogP contribution in [0.2, 0.25) is 0 Å². The molecule has 2 unspecified atom stereocenters. The van der Waals surface area contributed by atoms with Crippen molar-refractivity contribution in [2.75, 3.05) is 47.5 Å². The van der Waals surface area contributed by atoms with Crippen molar-refractivity contribution in [3.63, 3.8) is 0 Å². The van der Waals surface area contributed by atoms with E-state index in [0.717, 1.165) is 77.0 Å². The van der Waals surface area contributed by atoms with Crippen molar-refractivity contribution < 1.29 is 42.1 Å². The van der Waals surface area contributed by atoms with Crippen LogP contribution in [0.3, 0.4) is 0 Å². The quantitative estimate of drug-likeness (QED) is 0.0195. The van der Waals surface area contributed by atoms with Gasteiger partial charge in [-0.25, -0.2) is 0 Å². The van der Waals surface area contributed by atoms with Crippen LogP contribution in [0.15, 0.2) is 60.8 Å². The molecule has 0 radical (unpaired) electrons. The summed E-state index contributed by atoms with van der Waals surface area (Å²) in [5.74, 6) is -0.825. The van der Waals surface area contributed by atoms with E-state index in [1.807, 2.05) is 21.1 Å². The lowest BCUT2D eigenvalue weighted by Crippen LogP contribution is -2.37. The van der Waals surface area contributed by atoms with E-state index >= 15 is 0 Å². The van der Waals surface area contributed by atoms with Gasteiger partial charge < -0.3 is 27.9 Å². The molecule has 0 amide bonds. The molecule has 0 bridgehead atoms. The van der Waals surface area contributed by atoms with Gasteiger partial charge in [0.15, 0.2) is 6.10 Å². The van der Waals surface area contributed by atoms with Crippen LogP contribution in [0, 0.1) is 0 Å². The number of likely N-dealkylation sites (N-methyl/N-ethyl adjacent to an activating group) is 1. The van der Waals surface area contributed by atoms with E-state index < -0.39 is 26.5 Å². The number of allylic oxidation sites excluding steroid dienone is 10. The molecule has 0 aliphatic heterocycles. The van der Waals surface area contributed by atoms with E-state index in [1.165, 1.54) is 276 Å². The fourth-order valence-corrected chi connectivity index (χ4v) is 12.4. The zero-order valence-corrected chi connectivity index (χ0v) is 61.2. The Morgan fingerprint density at radius 2 is 0.633 bits per heavy atom. The van der Waals surface area contributed by atoms with Crippen LogP contribution in [0.25, 0.3) is 0 Å². The smallest absolute Gasteiger partial charge is 0.306 e. The number of rotatable bonds is 73. The van der Waals surface area contributed by atoms with Gasteiger partial charge in [-0.05, 0) is 57.8 Å². The Morgan fingerprint density at radius 1 is 0.356 bits per heavy atom.